The zero-order valence-corrected chi connectivity index (χ0v) is 13.9. The topological polar surface area (TPSA) is 44.8 Å². The van der Waals surface area contributed by atoms with Crippen LogP contribution in [0.4, 0.5) is 13.6 Å². The molecule has 4 nitrogen and oxygen atoms in total. The second-order valence-electron chi connectivity index (χ2n) is 4.59. The molecule has 0 aliphatic heterocycles. The second kappa shape index (κ2) is 7.41. The molecule has 0 radical (unpaired) electrons. The van der Waals surface area contributed by atoms with Gasteiger partial charge < -0.3 is 14.2 Å². The molecule has 0 unspecified atom stereocenters. The Kier molecular flexibility index (Phi) is 5.54. The van der Waals surface area contributed by atoms with Crippen LogP contribution in [0.15, 0.2) is 34.8 Å². The molecule has 0 spiro atoms. The lowest BCUT2D eigenvalue weighted by Gasteiger charge is -2.13. The number of carbonyl (C=O) groups is 1. The van der Waals surface area contributed by atoms with Crippen LogP contribution in [0.25, 0.3) is 0 Å². The molecule has 0 aliphatic carbocycles. The summed E-state index contributed by atoms with van der Waals surface area (Å²) in [6.07, 6.45) is -0.892. The van der Waals surface area contributed by atoms with Crippen molar-refractivity contribution in [2.75, 3.05) is 7.11 Å². The van der Waals surface area contributed by atoms with E-state index < -0.39 is 17.8 Å². The minimum absolute atomic E-state index is 0.132. The van der Waals surface area contributed by atoms with Crippen LogP contribution in [0.2, 0.25) is 0 Å². The highest BCUT2D eigenvalue weighted by molar-refractivity contribution is 9.10. The molecule has 0 atom stereocenters. The minimum atomic E-state index is -0.892. The van der Waals surface area contributed by atoms with Crippen molar-refractivity contribution in [2.45, 2.75) is 13.5 Å². The summed E-state index contributed by atoms with van der Waals surface area (Å²) in [5.41, 5.74) is 0.642. The molecule has 2 aromatic carbocycles. The predicted octanol–water partition coefficient (Wildman–Crippen LogP) is 4.76. The molecule has 7 heteroatoms. The average Bonchev–Trinajstić information content (AvgIpc) is 2.51. The van der Waals surface area contributed by atoms with E-state index in [1.165, 1.54) is 20.1 Å². The minimum Gasteiger partial charge on any atom is -0.486 e. The number of hydrogen-bond donors (Lipinski definition) is 0. The van der Waals surface area contributed by atoms with Gasteiger partial charge in [0, 0.05) is 16.1 Å². The van der Waals surface area contributed by atoms with Gasteiger partial charge in [0.2, 0.25) is 0 Å². The third kappa shape index (κ3) is 4.19. The van der Waals surface area contributed by atoms with E-state index in [0.29, 0.717) is 10.0 Å². The van der Waals surface area contributed by atoms with Crippen LogP contribution in [0.3, 0.4) is 0 Å². The van der Waals surface area contributed by atoms with E-state index in [4.69, 9.17) is 9.47 Å². The molecule has 0 aromatic heterocycles. The third-order valence-electron chi connectivity index (χ3n) is 3.02. The number of carbonyl (C=O) groups excluding carboxylic acids is 1. The molecule has 0 saturated carbocycles. The Morgan fingerprint density at radius 2 is 1.91 bits per heavy atom. The fourth-order valence-electron chi connectivity index (χ4n) is 1.79. The molecular weight excluding hydrogens is 374 g/mol. The fraction of sp³-hybridized carbons (Fsp3) is 0.188. The lowest BCUT2D eigenvalue weighted by atomic mass is 10.2. The maximum absolute atomic E-state index is 13.8. The van der Waals surface area contributed by atoms with E-state index >= 15 is 0 Å². The molecule has 122 valence electrons. The van der Waals surface area contributed by atoms with Gasteiger partial charge in [-0.1, -0.05) is 22.0 Å². The number of hydrogen-bond acceptors (Lipinski definition) is 4. The summed E-state index contributed by atoms with van der Waals surface area (Å²) in [6.45, 7) is 1.32. The summed E-state index contributed by atoms with van der Waals surface area (Å²) in [6, 6.07) is 6.91. The van der Waals surface area contributed by atoms with Crippen LogP contribution in [0.1, 0.15) is 11.1 Å². The molecular formula is C16H13BrF2O4. The molecule has 0 fully saturated rings. The Morgan fingerprint density at radius 3 is 2.61 bits per heavy atom. The summed E-state index contributed by atoms with van der Waals surface area (Å²) in [4.78, 5) is 11.2. The fourth-order valence-corrected chi connectivity index (χ4v) is 2.26. The van der Waals surface area contributed by atoms with Crippen molar-refractivity contribution in [3.63, 3.8) is 0 Å². The second-order valence-corrected chi connectivity index (χ2v) is 5.45. The highest BCUT2D eigenvalue weighted by Gasteiger charge is 2.15. The lowest BCUT2D eigenvalue weighted by molar-refractivity contribution is 0.120. The third-order valence-corrected chi connectivity index (χ3v) is 3.76. The first-order valence-corrected chi connectivity index (χ1v) is 7.33. The van der Waals surface area contributed by atoms with E-state index in [1.807, 2.05) is 0 Å². The smallest absolute Gasteiger partial charge is 0.486 e. The van der Waals surface area contributed by atoms with Gasteiger partial charge in [0.15, 0.2) is 11.6 Å². The predicted molar refractivity (Wildman–Crippen MR) is 82.6 cm³/mol. The summed E-state index contributed by atoms with van der Waals surface area (Å²) >= 11 is 3.30. The number of halogens is 3. The highest BCUT2D eigenvalue weighted by Crippen LogP contribution is 2.30. The van der Waals surface area contributed by atoms with Crippen LogP contribution in [-0.4, -0.2) is 13.3 Å². The SMILES string of the molecule is COC(=O)Oc1cccc(Br)c1COc1cc(F)c(C)cc1F. The highest BCUT2D eigenvalue weighted by atomic mass is 79.9. The van der Waals surface area contributed by atoms with E-state index in [1.54, 1.807) is 12.1 Å². The average molecular weight is 387 g/mol. The Hall–Kier alpha value is -2.15. The van der Waals surface area contributed by atoms with Crippen LogP contribution >= 0.6 is 15.9 Å². The molecule has 0 amide bonds. The summed E-state index contributed by atoms with van der Waals surface area (Å²) in [5, 5.41) is 0. The van der Waals surface area contributed by atoms with Crippen molar-refractivity contribution >= 4 is 22.1 Å². The molecule has 0 bridgehead atoms. The van der Waals surface area contributed by atoms with Gasteiger partial charge in [-0.25, -0.2) is 13.6 Å². The summed E-state index contributed by atoms with van der Waals surface area (Å²) in [7, 11) is 1.18. The molecule has 0 aliphatic rings. The molecule has 2 aromatic rings. The van der Waals surface area contributed by atoms with Crippen molar-refractivity contribution in [3.05, 3.63) is 57.6 Å². The van der Waals surface area contributed by atoms with Crippen molar-refractivity contribution in [2.24, 2.45) is 0 Å². The maximum atomic E-state index is 13.8. The summed E-state index contributed by atoms with van der Waals surface area (Å²) in [5.74, 6) is -1.28. The largest absolute Gasteiger partial charge is 0.513 e. The van der Waals surface area contributed by atoms with Crippen LogP contribution in [0.5, 0.6) is 11.5 Å². The first kappa shape index (κ1) is 17.2. The maximum Gasteiger partial charge on any atom is 0.513 e. The van der Waals surface area contributed by atoms with Gasteiger partial charge in [0.1, 0.15) is 18.2 Å². The van der Waals surface area contributed by atoms with Crippen LogP contribution in [-0.2, 0) is 11.3 Å². The van der Waals surface area contributed by atoms with Crippen molar-refractivity contribution < 1.29 is 27.8 Å². The van der Waals surface area contributed by atoms with E-state index in [0.717, 1.165) is 12.1 Å². The van der Waals surface area contributed by atoms with E-state index in [9.17, 15) is 13.6 Å². The van der Waals surface area contributed by atoms with Gasteiger partial charge in [-0.3, -0.25) is 0 Å². The van der Waals surface area contributed by atoms with Gasteiger partial charge >= 0.3 is 6.16 Å². The van der Waals surface area contributed by atoms with Gasteiger partial charge in [0.05, 0.1) is 7.11 Å². The van der Waals surface area contributed by atoms with Gasteiger partial charge in [0.25, 0.3) is 0 Å². The first-order valence-electron chi connectivity index (χ1n) is 6.54. The molecule has 0 saturated heterocycles. The zero-order chi connectivity index (χ0) is 17.0. The lowest BCUT2D eigenvalue weighted by Crippen LogP contribution is -2.10. The van der Waals surface area contributed by atoms with E-state index in [2.05, 4.69) is 20.7 Å². The number of aryl methyl sites for hydroxylation is 1. The normalized spacial score (nSPS) is 10.3. The van der Waals surface area contributed by atoms with Gasteiger partial charge in [-0.05, 0) is 30.7 Å². The van der Waals surface area contributed by atoms with E-state index in [-0.39, 0.29) is 23.7 Å². The number of benzene rings is 2. The Morgan fingerprint density at radius 1 is 1.17 bits per heavy atom. The Labute approximate surface area is 140 Å². The number of rotatable bonds is 4. The monoisotopic (exact) mass is 386 g/mol. The Balaban J connectivity index is 2.23. The molecule has 23 heavy (non-hydrogen) atoms. The molecule has 0 N–H and O–H groups in total. The molecule has 2 rings (SSSR count). The number of methoxy groups -OCH3 is 1. The zero-order valence-electron chi connectivity index (χ0n) is 12.4. The standard InChI is InChI=1S/C16H13BrF2O4/c1-9-6-13(19)15(7-12(9)18)22-8-10-11(17)4-3-5-14(10)23-16(20)21-2/h3-7H,8H2,1-2H3. The quantitative estimate of drug-likeness (QED) is 0.561. The van der Waals surface area contributed by atoms with Crippen molar-refractivity contribution in [1.29, 1.82) is 0 Å². The van der Waals surface area contributed by atoms with Crippen LogP contribution in [0, 0.1) is 18.6 Å². The molecule has 0 heterocycles. The summed E-state index contributed by atoms with van der Waals surface area (Å²) < 4.78 is 42.6. The first-order chi connectivity index (χ1) is 10.9. The van der Waals surface area contributed by atoms with Crippen molar-refractivity contribution in [3.8, 4) is 11.5 Å². The van der Waals surface area contributed by atoms with Gasteiger partial charge in [-0.15, -0.1) is 0 Å². The Bertz CT molecular complexity index is 734. The van der Waals surface area contributed by atoms with Crippen LogP contribution < -0.4 is 9.47 Å². The number of ether oxygens (including phenoxy) is 3. The van der Waals surface area contributed by atoms with Gasteiger partial charge in [-0.2, -0.15) is 0 Å². The van der Waals surface area contributed by atoms with Crippen molar-refractivity contribution in [1.82, 2.24) is 0 Å².